The Balaban J connectivity index is 3.36. The molecule has 0 unspecified atom stereocenters. The summed E-state index contributed by atoms with van der Waals surface area (Å²) in [6, 6.07) is 2.38. The van der Waals surface area contributed by atoms with Gasteiger partial charge < -0.3 is 14.0 Å². The molecule has 0 spiro atoms. The van der Waals surface area contributed by atoms with Gasteiger partial charge in [0.05, 0.1) is 7.11 Å². The highest BCUT2D eigenvalue weighted by Gasteiger charge is 2.16. The SMILES string of the molecule is C=C(C)c1cc(OS(=O)(=O)O)c(OC)cc1O. The summed E-state index contributed by atoms with van der Waals surface area (Å²) < 4.78 is 39.0. The average Bonchev–Trinajstić information content (AvgIpc) is 2.17. The van der Waals surface area contributed by atoms with Crippen LogP contribution < -0.4 is 8.92 Å². The number of benzene rings is 1. The van der Waals surface area contributed by atoms with Gasteiger partial charge in [-0.05, 0) is 18.6 Å². The van der Waals surface area contributed by atoms with Gasteiger partial charge in [-0.25, -0.2) is 0 Å². The first-order valence-corrected chi connectivity index (χ1v) is 5.85. The van der Waals surface area contributed by atoms with Gasteiger partial charge in [0.25, 0.3) is 0 Å². The van der Waals surface area contributed by atoms with E-state index >= 15 is 0 Å². The first-order valence-electron chi connectivity index (χ1n) is 4.48. The lowest BCUT2D eigenvalue weighted by atomic mass is 10.1. The van der Waals surface area contributed by atoms with Crippen LogP contribution >= 0.6 is 0 Å². The summed E-state index contributed by atoms with van der Waals surface area (Å²) in [5.41, 5.74) is 0.801. The van der Waals surface area contributed by atoms with Crippen molar-refractivity contribution in [2.24, 2.45) is 0 Å². The molecular formula is C10H12O6S. The zero-order valence-corrected chi connectivity index (χ0v) is 10.1. The summed E-state index contributed by atoms with van der Waals surface area (Å²) in [5, 5.41) is 9.61. The lowest BCUT2D eigenvalue weighted by Crippen LogP contribution is -2.08. The number of aromatic hydroxyl groups is 1. The van der Waals surface area contributed by atoms with E-state index in [1.54, 1.807) is 6.92 Å². The number of phenolic OH excluding ortho intramolecular Hbond substituents is 1. The van der Waals surface area contributed by atoms with E-state index in [0.29, 0.717) is 11.1 Å². The molecule has 0 radical (unpaired) electrons. The molecule has 1 aromatic rings. The molecule has 0 amide bonds. The molecule has 0 saturated heterocycles. The Bertz CT molecular complexity index is 546. The minimum Gasteiger partial charge on any atom is -0.507 e. The lowest BCUT2D eigenvalue weighted by Gasteiger charge is -2.11. The Kier molecular flexibility index (Phi) is 3.64. The average molecular weight is 260 g/mol. The van der Waals surface area contributed by atoms with Crippen molar-refractivity contribution >= 4 is 16.0 Å². The van der Waals surface area contributed by atoms with Crippen molar-refractivity contribution in [2.75, 3.05) is 7.11 Å². The van der Waals surface area contributed by atoms with E-state index in [0.717, 1.165) is 0 Å². The van der Waals surface area contributed by atoms with Crippen LogP contribution in [0.3, 0.4) is 0 Å². The summed E-state index contributed by atoms with van der Waals surface area (Å²) in [5.74, 6) is -0.382. The predicted molar refractivity (Wildman–Crippen MR) is 61.5 cm³/mol. The fraction of sp³-hybridized carbons (Fsp3) is 0.200. The van der Waals surface area contributed by atoms with Crippen molar-refractivity contribution in [3.63, 3.8) is 0 Å². The number of hydrogen-bond donors (Lipinski definition) is 2. The Morgan fingerprint density at radius 2 is 1.94 bits per heavy atom. The van der Waals surface area contributed by atoms with Gasteiger partial charge in [-0.15, -0.1) is 0 Å². The number of methoxy groups -OCH3 is 1. The van der Waals surface area contributed by atoms with Crippen molar-refractivity contribution in [1.29, 1.82) is 0 Å². The molecule has 0 heterocycles. The Hall–Kier alpha value is -1.73. The highest BCUT2D eigenvalue weighted by molar-refractivity contribution is 7.81. The third kappa shape index (κ3) is 3.36. The minimum absolute atomic E-state index is 0.0230. The van der Waals surface area contributed by atoms with Crippen molar-refractivity contribution < 1.29 is 27.0 Å². The number of ether oxygens (including phenoxy) is 1. The fourth-order valence-corrected chi connectivity index (χ4v) is 1.59. The van der Waals surface area contributed by atoms with Crippen LogP contribution in [0.25, 0.3) is 5.57 Å². The van der Waals surface area contributed by atoms with E-state index in [4.69, 9.17) is 9.29 Å². The van der Waals surface area contributed by atoms with Gasteiger partial charge in [0.2, 0.25) is 0 Å². The second kappa shape index (κ2) is 4.64. The number of rotatable bonds is 4. The molecule has 0 aliphatic carbocycles. The van der Waals surface area contributed by atoms with Crippen LogP contribution in [0, 0.1) is 0 Å². The van der Waals surface area contributed by atoms with Gasteiger partial charge in [0.15, 0.2) is 11.5 Å². The van der Waals surface area contributed by atoms with E-state index < -0.39 is 10.4 Å². The predicted octanol–water partition coefficient (Wildman–Crippen LogP) is 1.62. The molecule has 0 fully saturated rings. The second-order valence-corrected chi connectivity index (χ2v) is 4.33. The minimum atomic E-state index is -4.66. The third-order valence-corrected chi connectivity index (χ3v) is 2.33. The van der Waals surface area contributed by atoms with Crippen molar-refractivity contribution in [2.45, 2.75) is 6.92 Å². The van der Waals surface area contributed by atoms with Crippen molar-refractivity contribution in [3.8, 4) is 17.2 Å². The van der Waals surface area contributed by atoms with E-state index in [1.165, 1.54) is 19.2 Å². The van der Waals surface area contributed by atoms with Crippen LogP contribution in [-0.4, -0.2) is 25.2 Å². The maximum absolute atomic E-state index is 10.6. The fourth-order valence-electron chi connectivity index (χ4n) is 1.23. The molecule has 0 atom stereocenters. The Morgan fingerprint density at radius 3 is 2.35 bits per heavy atom. The van der Waals surface area contributed by atoms with Crippen LogP contribution in [0.5, 0.6) is 17.2 Å². The van der Waals surface area contributed by atoms with Crippen molar-refractivity contribution in [3.05, 3.63) is 24.3 Å². The topological polar surface area (TPSA) is 93.1 Å². The largest absolute Gasteiger partial charge is 0.507 e. The van der Waals surface area contributed by atoms with Gasteiger partial charge >= 0.3 is 10.4 Å². The van der Waals surface area contributed by atoms with Crippen LogP contribution in [0.15, 0.2) is 18.7 Å². The highest BCUT2D eigenvalue weighted by atomic mass is 32.3. The van der Waals surface area contributed by atoms with Gasteiger partial charge in [0.1, 0.15) is 5.75 Å². The molecule has 0 aromatic heterocycles. The number of phenols is 1. The summed E-state index contributed by atoms with van der Waals surface area (Å²) >= 11 is 0. The standard InChI is InChI=1S/C10H12O6S/c1-6(2)7-4-10(16-17(12,13)14)9(15-3)5-8(7)11/h4-5,11H,1H2,2-3H3,(H,12,13,14). The van der Waals surface area contributed by atoms with Crippen LogP contribution in [0.1, 0.15) is 12.5 Å². The zero-order chi connectivity index (χ0) is 13.2. The maximum atomic E-state index is 10.6. The number of allylic oxidation sites excluding steroid dienone is 1. The quantitative estimate of drug-likeness (QED) is 0.799. The van der Waals surface area contributed by atoms with Gasteiger partial charge in [0, 0.05) is 11.6 Å². The summed E-state index contributed by atoms with van der Waals surface area (Å²) in [7, 11) is -3.39. The number of hydrogen-bond acceptors (Lipinski definition) is 5. The second-order valence-electron chi connectivity index (χ2n) is 3.31. The molecule has 6 nitrogen and oxygen atoms in total. The highest BCUT2D eigenvalue weighted by Crippen LogP contribution is 2.37. The van der Waals surface area contributed by atoms with Gasteiger partial charge in [-0.1, -0.05) is 6.58 Å². The Labute approximate surface area is 99.1 Å². The van der Waals surface area contributed by atoms with E-state index in [9.17, 15) is 13.5 Å². The first-order chi connectivity index (χ1) is 7.74. The molecule has 0 saturated carbocycles. The van der Waals surface area contributed by atoms with E-state index in [1.807, 2.05) is 0 Å². The molecule has 1 rings (SSSR count). The molecule has 0 aliphatic rings. The van der Waals surface area contributed by atoms with E-state index in [2.05, 4.69) is 10.8 Å². The normalized spacial score (nSPS) is 11.0. The van der Waals surface area contributed by atoms with Crippen molar-refractivity contribution in [1.82, 2.24) is 0 Å². The summed E-state index contributed by atoms with van der Waals surface area (Å²) in [4.78, 5) is 0. The van der Waals surface area contributed by atoms with Crippen LogP contribution in [-0.2, 0) is 10.4 Å². The Morgan fingerprint density at radius 1 is 1.35 bits per heavy atom. The van der Waals surface area contributed by atoms with E-state index in [-0.39, 0.29) is 17.2 Å². The lowest BCUT2D eigenvalue weighted by molar-refractivity contribution is 0.357. The molecule has 0 aliphatic heterocycles. The maximum Gasteiger partial charge on any atom is 0.446 e. The molecule has 7 heteroatoms. The molecule has 0 bridgehead atoms. The first kappa shape index (κ1) is 13.3. The molecule has 17 heavy (non-hydrogen) atoms. The molecule has 2 N–H and O–H groups in total. The van der Waals surface area contributed by atoms with Crippen LogP contribution in [0.2, 0.25) is 0 Å². The molecular weight excluding hydrogens is 248 g/mol. The smallest absolute Gasteiger partial charge is 0.446 e. The summed E-state index contributed by atoms with van der Waals surface area (Å²) in [6.45, 7) is 5.23. The van der Waals surface area contributed by atoms with Crippen LogP contribution in [0.4, 0.5) is 0 Å². The van der Waals surface area contributed by atoms with Gasteiger partial charge in [-0.2, -0.15) is 8.42 Å². The molecule has 1 aromatic carbocycles. The van der Waals surface area contributed by atoms with Gasteiger partial charge in [-0.3, -0.25) is 4.55 Å². The third-order valence-electron chi connectivity index (χ3n) is 1.94. The summed E-state index contributed by atoms with van der Waals surface area (Å²) in [6.07, 6.45) is 0. The molecule has 94 valence electrons. The monoisotopic (exact) mass is 260 g/mol. The zero-order valence-electron chi connectivity index (χ0n) is 9.30.